The van der Waals surface area contributed by atoms with Crippen molar-refractivity contribution < 1.29 is 9.59 Å². The highest BCUT2D eigenvalue weighted by Crippen LogP contribution is 2.17. The van der Waals surface area contributed by atoms with E-state index in [4.69, 9.17) is 0 Å². The first-order valence-corrected chi connectivity index (χ1v) is 7.75. The lowest BCUT2D eigenvalue weighted by atomic mass is 10.1. The second kappa shape index (κ2) is 7.28. The summed E-state index contributed by atoms with van der Waals surface area (Å²) in [5.41, 5.74) is 0. The summed E-state index contributed by atoms with van der Waals surface area (Å²) in [7, 11) is 0. The number of carbonyl (C=O) groups excluding carboxylic acids is 2. The third kappa shape index (κ3) is 4.67. The van der Waals surface area contributed by atoms with E-state index in [0.717, 1.165) is 12.8 Å². The van der Waals surface area contributed by atoms with Crippen LogP contribution in [0.15, 0.2) is 17.5 Å². The smallest absolute Gasteiger partial charge is 0.261 e. The Morgan fingerprint density at radius 3 is 2.58 bits per heavy atom. The first kappa shape index (κ1) is 14.1. The largest absolute Gasteiger partial charge is 0.352 e. The van der Waals surface area contributed by atoms with Gasteiger partial charge in [-0.2, -0.15) is 0 Å². The summed E-state index contributed by atoms with van der Waals surface area (Å²) >= 11 is 1.38. The van der Waals surface area contributed by atoms with Gasteiger partial charge in [-0.25, -0.2) is 0 Å². The lowest BCUT2D eigenvalue weighted by Gasteiger charge is -2.16. The third-order valence-electron chi connectivity index (χ3n) is 3.37. The zero-order valence-electron chi connectivity index (χ0n) is 11.0. The van der Waals surface area contributed by atoms with Gasteiger partial charge in [0.2, 0.25) is 5.91 Å². The number of amides is 2. The summed E-state index contributed by atoms with van der Waals surface area (Å²) in [6.07, 6.45) is 7.02. The van der Waals surface area contributed by atoms with E-state index in [1.54, 1.807) is 6.07 Å². The van der Waals surface area contributed by atoms with E-state index < -0.39 is 0 Å². The highest BCUT2D eigenvalue weighted by molar-refractivity contribution is 7.12. The van der Waals surface area contributed by atoms with E-state index in [0.29, 0.717) is 4.88 Å². The molecule has 1 aromatic rings. The van der Waals surface area contributed by atoms with Crippen LogP contribution in [0.5, 0.6) is 0 Å². The van der Waals surface area contributed by atoms with Crippen LogP contribution in [0.4, 0.5) is 0 Å². The molecule has 2 N–H and O–H groups in total. The van der Waals surface area contributed by atoms with Gasteiger partial charge in [-0.05, 0) is 24.3 Å². The van der Waals surface area contributed by atoms with E-state index in [1.807, 2.05) is 11.4 Å². The van der Waals surface area contributed by atoms with Crippen molar-refractivity contribution in [2.45, 2.75) is 44.6 Å². The lowest BCUT2D eigenvalue weighted by molar-refractivity contribution is -0.120. The van der Waals surface area contributed by atoms with Crippen LogP contribution in [0.1, 0.15) is 48.2 Å². The number of hydrogen-bond donors (Lipinski definition) is 2. The van der Waals surface area contributed by atoms with Gasteiger partial charge in [0.1, 0.15) is 0 Å². The second-order valence-corrected chi connectivity index (χ2v) is 5.86. The maximum absolute atomic E-state index is 11.8. The van der Waals surface area contributed by atoms with E-state index in [-0.39, 0.29) is 24.4 Å². The van der Waals surface area contributed by atoms with Gasteiger partial charge in [0.15, 0.2) is 0 Å². The number of carbonyl (C=O) groups is 2. The maximum Gasteiger partial charge on any atom is 0.261 e. The van der Waals surface area contributed by atoms with Crippen LogP contribution >= 0.6 is 11.3 Å². The fraction of sp³-hybridized carbons (Fsp3) is 0.571. The molecule has 2 rings (SSSR count). The highest BCUT2D eigenvalue weighted by Gasteiger charge is 2.15. The minimum absolute atomic E-state index is 0.0627. The molecule has 1 heterocycles. The molecule has 0 spiro atoms. The molecule has 5 heteroatoms. The Bertz CT molecular complexity index is 409. The van der Waals surface area contributed by atoms with Crippen LogP contribution in [0, 0.1) is 0 Å². The zero-order valence-corrected chi connectivity index (χ0v) is 11.8. The quantitative estimate of drug-likeness (QED) is 0.832. The van der Waals surface area contributed by atoms with Crippen LogP contribution in [-0.2, 0) is 4.79 Å². The van der Waals surface area contributed by atoms with Crippen LogP contribution < -0.4 is 10.6 Å². The Balaban J connectivity index is 1.70. The fourth-order valence-corrected chi connectivity index (χ4v) is 3.00. The predicted octanol–water partition coefficient (Wildman–Crippen LogP) is 2.32. The van der Waals surface area contributed by atoms with Crippen molar-refractivity contribution >= 4 is 23.2 Å². The van der Waals surface area contributed by atoms with Crippen molar-refractivity contribution in [2.24, 2.45) is 0 Å². The van der Waals surface area contributed by atoms with Gasteiger partial charge in [-0.3, -0.25) is 9.59 Å². The number of nitrogens with one attached hydrogen (secondary N) is 2. The molecule has 0 radical (unpaired) electrons. The molecule has 0 aliphatic heterocycles. The Morgan fingerprint density at radius 1 is 1.21 bits per heavy atom. The summed E-state index contributed by atoms with van der Waals surface area (Å²) in [6.45, 7) is 0.0627. The molecule has 0 unspecified atom stereocenters. The van der Waals surface area contributed by atoms with Crippen molar-refractivity contribution in [2.75, 3.05) is 6.54 Å². The summed E-state index contributed by atoms with van der Waals surface area (Å²) in [5.74, 6) is -0.261. The van der Waals surface area contributed by atoms with Gasteiger partial charge in [-0.15, -0.1) is 11.3 Å². The van der Waals surface area contributed by atoms with Crippen molar-refractivity contribution in [3.8, 4) is 0 Å². The van der Waals surface area contributed by atoms with E-state index >= 15 is 0 Å². The van der Waals surface area contributed by atoms with E-state index in [2.05, 4.69) is 10.6 Å². The molecule has 1 saturated carbocycles. The summed E-state index contributed by atoms with van der Waals surface area (Å²) in [4.78, 5) is 24.1. The molecule has 1 aliphatic rings. The van der Waals surface area contributed by atoms with Gasteiger partial charge in [0.25, 0.3) is 5.91 Å². The molecule has 0 bridgehead atoms. The van der Waals surface area contributed by atoms with E-state index in [1.165, 1.54) is 37.0 Å². The van der Waals surface area contributed by atoms with Crippen molar-refractivity contribution in [3.63, 3.8) is 0 Å². The van der Waals surface area contributed by atoms with Crippen molar-refractivity contribution in [1.82, 2.24) is 10.6 Å². The Hall–Kier alpha value is -1.36. The van der Waals surface area contributed by atoms with Gasteiger partial charge in [0, 0.05) is 6.04 Å². The third-order valence-corrected chi connectivity index (χ3v) is 4.24. The second-order valence-electron chi connectivity index (χ2n) is 4.92. The molecule has 0 aromatic carbocycles. The van der Waals surface area contributed by atoms with Gasteiger partial charge in [-0.1, -0.05) is 31.7 Å². The lowest BCUT2D eigenvalue weighted by Crippen LogP contribution is -2.41. The molecule has 0 saturated heterocycles. The molecule has 1 aromatic heterocycles. The summed E-state index contributed by atoms with van der Waals surface area (Å²) in [6, 6.07) is 3.86. The molecule has 2 amide bonds. The molecule has 19 heavy (non-hydrogen) atoms. The normalized spacial score (nSPS) is 16.6. The Morgan fingerprint density at radius 2 is 1.95 bits per heavy atom. The van der Waals surface area contributed by atoms with E-state index in [9.17, 15) is 9.59 Å². The predicted molar refractivity (Wildman–Crippen MR) is 76.3 cm³/mol. The monoisotopic (exact) mass is 280 g/mol. The van der Waals surface area contributed by atoms with Gasteiger partial charge >= 0.3 is 0 Å². The Labute approximate surface area is 117 Å². The van der Waals surface area contributed by atoms with Crippen LogP contribution in [0.3, 0.4) is 0 Å². The molecular weight excluding hydrogens is 260 g/mol. The average Bonchev–Trinajstić information content (AvgIpc) is 2.82. The molecular formula is C14H20N2O2S. The van der Waals surface area contributed by atoms with Crippen molar-refractivity contribution in [3.05, 3.63) is 22.4 Å². The van der Waals surface area contributed by atoms with Crippen LogP contribution in [0.25, 0.3) is 0 Å². The zero-order chi connectivity index (χ0) is 13.5. The molecule has 0 atom stereocenters. The Kier molecular flexibility index (Phi) is 5.39. The first-order valence-electron chi connectivity index (χ1n) is 6.87. The molecule has 104 valence electrons. The molecule has 4 nitrogen and oxygen atoms in total. The number of hydrogen-bond acceptors (Lipinski definition) is 3. The topological polar surface area (TPSA) is 58.2 Å². The van der Waals surface area contributed by atoms with Gasteiger partial charge in [0.05, 0.1) is 11.4 Å². The fourth-order valence-electron chi connectivity index (χ4n) is 2.36. The number of thiophene rings is 1. The summed E-state index contributed by atoms with van der Waals surface area (Å²) < 4.78 is 0. The van der Waals surface area contributed by atoms with Crippen LogP contribution in [-0.4, -0.2) is 24.4 Å². The SMILES string of the molecule is O=C(CNC(=O)c1cccs1)NC1CCCCCC1. The maximum atomic E-state index is 11.8. The first-order chi connectivity index (χ1) is 9.25. The minimum Gasteiger partial charge on any atom is -0.352 e. The average molecular weight is 280 g/mol. The van der Waals surface area contributed by atoms with Crippen molar-refractivity contribution in [1.29, 1.82) is 0 Å². The summed E-state index contributed by atoms with van der Waals surface area (Å²) in [5, 5.41) is 7.51. The molecule has 1 aliphatic carbocycles. The molecule has 1 fully saturated rings. The standard InChI is InChI=1S/C14H20N2O2S/c17-13(16-11-6-3-1-2-4-7-11)10-15-14(18)12-8-5-9-19-12/h5,8-9,11H,1-4,6-7,10H2,(H,15,18)(H,16,17). The minimum atomic E-state index is -0.175. The van der Waals surface area contributed by atoms with Gasteiger partial charge < -0.3 is 10.6 Å². The van der Waals surface area contributed by atoms with Crippen LogP contribution in [0.2, 0.25) is 0 Å². The highest BCUT2D eigenvalue weighted by atomic mass is 32.1. The number of rotatable bonds is 4.